The average molecular weight is 285 g/mol. The van der Waals surface area contributed by atoms with Crippen LogP contribution in [0.2, 0.25) is 0 Å². The molecule has 20 heavy (non-hydrogen) atoms. The molecule has 0 aromatic heterocycles. The molecule has 6 heteroatoms. The Hall–Kier alpha value is -1.59. The maximum atomic E-state index is 12.2. The molecule has 0 bridgehead atoms. The first-order valence-electron chi connectivity index (χ1n) is 7.01. The minimum Gasteiger partial charge on any atom is -0.481 e. The highest BCUT2D eigenvalue weighted by Crippen LogP contribution is 2.31. The number of carboxylic acid groups (broad SMARTS) is 1. The van der Waals surface area contributed by atoms with Gasteiger partial charge in [0.05, 0.1) is 13.0 Å². The van der Waals surface area contributed by atoms with E-state index in [0.29, 0.717) is 19.3 Å². The Bertz CT molecular complexity index is 382. The number of amides is 1. The van der Waals surface area contributed by atoms with Crippen molar-refractivity contribution < 1.29 is 24.2 Å². The first-order valence-corrected chi connectivity index (χ1v) is 7.01. The molecular formula is C14H23NO5. The molecule has 0 radical (unpaired) electrons. The van der Waals surface area contributed by atoms with Gasteiger partial charge in [0.25, 0.3) is 0 Å². The van der Waals surface area contributed by atoms with Gasteiger partial charge < -0.3 is 15.2 Å². The molecule has 6 nitrogen and oxygen atoms in total. The Morgan fingerprint density at radius 3 is 2.35 bits per heavy atom. The molecule has 0 aliphatic heterocycles. The standard InChI is InChI=1S/C14H23NO5/c1-4-8(2)11(14(19)20-3)15-12(16)9-5-6-10(7-9)13(17)18/h8-11H,4-7H2,1-3H3,(H,15,16)(H,17,18)/t8?,9-,10+,11?/m1/s1. The molecule has 1 saturated carbocycles. The van der Waals surface area contributed by atoms with Gasteiger partial charge in [0.1, 0.15) is 6.04 Å². The summed E-state index contributed by atoms with van der Waals surface area (Å²) in [5.74, 6) is -2.36. The summed E-state index contributed by atoms with van der Waals surface area (Å²) in [5, 5.41) is 11.7. The molecule has 1 aliphatic rings. The quantitative estimate of drug-likeness (QED) is 0.715. The largest absolute Gasteiger partial charge is 0.481 e. The minimum absolute atomic E-state index is 0.0249. The second-order valence-electron chi connectivity index (χ2n) is 5.44. The van der Waals surface area contributed by atoms with Crippen LogP contribution >= 0.6 is 0 Å². The molecule has 2 N–H and O–H groups in total. The van der Waals surface area contributed by atoms with E-state index in [9.17, 15) is 14.4 Å². The summed E-state index contributed by atoms with van der Waals surface area (Å²) in [7, 11) is 1.29. The Morgan fingerprint density at radius 1 is 1.30 bits per heavy atom. The number of rotatable bonds is 6. The van der Waals surface area contributed by atoms with E-state index in [4.69, 9.17) is 9.84 Å². The minimum atomic E-state index is -0.855. The van der Waals surface area contributed by atoms with E-state index in [1.165, 1.54) is 7.11 Å². The van der Waals surface area contributed by atoms with Crippen molar-refractivity contribution in [3.8, 4) is 0 Å². The van der Waals surface area contributed by atoms with Crippen LogP contribution in [0.3, 0.4) is 0 Å². The summed E-state index contributed by atoms with van der Waals surface area (Å²) >= 11 is 0. The van der Waals surface area contributed by atoms with Gasteiger partial charge in [-0.3, -0.25) is 9.59 Å². The highest BCUT2D eigenvalue weighted by atomic mass is 16.5. The molecule has 0 aromatic rings. The topological polar surface area (TPSA) is 92.7 Å². The normalized spacial score (nSPS) is 24.8. The van der Waals surface area contributed by atoms with Crippen LogP contribution in [0.15, 0.2) is 0 Å². The zero-order valence-corrected chi connectivity index (χ0v) is 12.2. The van der Waals surface area contributed by atoms with Gasteiger partial charge in [-0.05, 0) is 25.2 Å². The number of methoxy groups -OCH3 is 1. The number of hydrogen-bond donors (Lipinski definition) is 2. The van der Waals surface area contributed by atoms with Gasteiger partial charge >= 0.3 is 11.9 Å². The lowest BCUT2D eigenvalue weighted by molar-refractivity contribution is -0.147. The SMILES string of the molecule is CCC(C)C(NC(=O)[C@@H]1CC[C@H](C(=O)O)C1)C(=O)OC. The van der Waals surface area contributed by atoms with Crippen molar-refractivity contribution >= 4 is 17.8 Å². The van der Waals surface area contributed by atoms with E-state index >= 15 is 0 Å². The van der Waals surface area contributed by atoms with Crippen molar-refractivity contribution in [3.05, 3.63) is 0 Å². The number of aliphatic carboxylic acids is 1. The fourth-order valence-electron chi connectivity index (χ4n) is 2.51. The zero-order valence-electron chi connectivity index (χ0n) is 12.2. The van der Waals surface area contributed by atoms with Crippen LogP contribution in [0.1, 0.15) is 39.5 Å². The number of hydrogen-bond acceptors (Lipinski definition) is 4. The van der Waals surface area contributed by atoms with E-state index in [0.717, 1.165) is 6.42 Å². The predicted octanol–water partition coefficient (Wildman–Crippen LogP) is 1.19. The first kappa shape index (κ1) is 16.5. The summed E-state index contributed by atoms with van der Waals surface area (Å²) in [6.45, 7) is 3.80. The Kier molecular flexibility index (Phi) is 5.98. The molecule has 0 heterocycles. The lowest BCUT2D eigenvalue weighted by atomic mass is 9.97. The van der Waals surface area contributed by atoms with E-state index < -0.39 is 23.9 Å². The van der Waals surface area contributed by atoms with Gasteiger partial charge in [0.2, 0.25) is 5.91 Å². The average Bonchev–Trinajstić information content (AvgIpc) is 2.92. The molecule has 114 valence electrons. The van der Waals surface area contributed by atoms with Gasteiger partial charge in [-0.1, -0.05) is 20.3 Å². The molecule has 0 spiro atoms. The second kappa shape index (κ2) is 7.26. The summed E-state index contributed by atoms with van der Waals surface area (Å²) < 4.78 is 4.71. The first-order chi connectivity index (χ1) is 9.40. The predicted molar refractivity (Wildman–Crippen MR) is 71.9 cm³/mol. The smallest absolute Gasteiger partial charge is 0.328 e. The van der Waals surface area contributed by atoms with Crippen molar-refractivity contribution in [3.63, 3.8) is 0 Å². The van der Waals surface area contributed by atoms with Crippen molar-refractivity contribution in [1.29, 1.82) is 0 Å². The van der Waals surface area contributed by atoms with Gasteiger partial charge in [0.15, 0.2) is 0 Å². The second-order valence-corrected chi connectivity index (χ2v) is 5.44. The maximum absolute atomic E-state index is 12.2. The molecular weight excluding hydrogens is 262 g/mol. The summed E-state index contributed by atoms with van der Waals surface area (Å²) in [5.41, 5.74) is 0. The molecule has 1 fully saturated rings. The van der Waals surface area contributed by atoms with Crippen LogP contribution in [0.25, 0.3) is 0 Å². The van der Waals surface area contributed by atoms with E-state index in [-0.39, 0.29) is 17.7 Å². The van der Waals surface area contributed by atoms with Crippen LogP contribution in [-0.2, 0) is 19.1 Å². The van der Waals surface area contributed by atoms with Crippen LogP contribution < -0.4 is 5.32 Å². The zero-order chi connectivity index (χ0) is 15.3. The van der Waals surface area contributed by atoms with Crippen molar-refractivity contribution in [2.45, 2.75) is 45.6 Å². The highest BCUT2D eigenvalue weighted by molar-refractivity contribution is 5.86. The summed E-state index contributed by atoms with van der Waals surface area (Å²) in [4.78, 5) is 34.8. The summed E-state index contributed by atoms with van der Waals surface area (Å²) in [6.07, 6.45) is 2.15. The molecule has 0 aromatic carbocycles. The monoisotopic (exact) mass is 285 g/mol. The van der Waals surface area contributed by atoms with Crippen LogP contribution in [0, 0.1) is 17.8 Å². The third-order valence-electron chi connectivity index (χ3n) is 4.12. The van der Waals surface area contributed by atoms with Crippen molar-refractivity contribution in [2.24, 2.45) is 17.8 Å². The number of carbonyl (C=O) groups excluding carboxylic acids is 2. The van der Waals surface area contributed by atoms with E-state index in [1.807, 2.05) is 13.8 Å². The van der Waals surface area contributed by atoms with Gasteiger partial charge in [-0.15, -0.1) is 0 Å². The third kappa shape index (κ3) is 3.95. The number of carbonyl (C=O) groups is 3. The van der Waals surface area contributed by atoms with Crippen LogP contribution in [-0.4, -0.2) is 36.1 Å². The van der Waals surface area contributed by atoms with Crippen LogP contribution in [0.4, 0.5) is 0 Å². The van der Waals surface area contributed by atoms with E-state index in [1.54, 1.807) is 0 Å². The lowest BCUT2D eigenvalue weighted by Gasteiger charge is -2.23. The van der Waals surface area contributed by atoms with Gasteiger partial charge in [0, 0.05) is 5.92 Å². The maximum Gasteiger partial charge on any atom is 0.328 e. The van der Waals surface area contributed by atoms with Gasteiger partial charge in [-0.2, -0.15) is 0 Å². The molecule has 2 unspecified atom stereocenters. The number of esters is 1. The van der Waals surface area contributed by atoms with Crippen molar-refractivity contribution in [2.75, 3.05) is 7.11 Å². The van der Waals surface area contributed by atoms with Gasteiger partial charge in [-0.25, -0.2) is 4.79 Å². The van der Waals surface area contributed by atoms with Crippen molar-refractivity contribution in [1.82, 2.24) is 5.32 Å². The summed E-state index contributed by atoms with van der Waals surface area (Å²) in [6, 6.07) is -0.665. The molecule has 1 aliphatic carbocycles. The molecule has 1 amide bonds. The lowest BCUT2D eigenvalue weighted by Crippen LogP contribution is -2.47. The van der Waals surface area contributed by atoms with E-state index in [2.05, 4.69) is 5.32 Å². The Balaban J connectivity index is 2.63. The molecule has 0 saturated heterocycles. The highest BCUT2D eigenvalue weighted by Gasteiger charge is 2.36. The van der Waals surface area contributed by atoms with Crippen LogP contribution in [0.5, 0.6) is 0 Å². The fourth-order valence-corrected chi connectivity index (χ4v) is 2.51. The number of nitrogens with one attached hydrogen (secondary N) is 1. The Morgan fingerprint density at radius 2 is 1.90 bits per heavy atom. The third-order valence-corrected chi connectivity index (χ3v) is 4.12. The number of ether oxygens (including phenoxy) is 1. The Labute approximate surface area is 118 Å². The molecule has 1 rings (SSSR count). The molecule has 4 atom stereocenters. The number of carboxylic acids is 1. The fraction of sp³-hybridized carbons (Fsp3) is 0.786.